The van der Waals surface area contributed by atoms with Crippen molar-refractivity contribution in [3.05, 3.63) is 16.1 Å². The van der Waals surface area contributed by atoms with Crippen molar-refractivity contribution in [3.8, 4) is 12.3 Å². The number of thiazole rings is 1. The molecule has 0 radical (unpaired) electrons. The molecule has 1 heterocycles. The number of rotatable bonds is 3. The molecule has 0 amide bonds. The SMILES string of the molecule is C#CC(=O)c1nc(C(=O)OCC)cs1. The monoisotopic (exact) mass is 209 g/mol. The van der Waals surface area contributed by atoms with E-state index in [0.29, 0.717) is 0 Å². The quantitative estimate of drug-likeness (QED) is 0.324. The molecule has 0 aliphatic carbocycles. The summed E-state index contributed by atoms with van der Waals surface area (Å²) in [6.07, 6.45) is 4.90. The normalized spacial score (nSPS) is 9.14. The van der Waals surface area contributed by atoms with Crippen LogP contribution in [0.15, 0.2) is 5.38 Å². The number of hydrogen-bond donors (Lipinski definition) is 0. The first-order chi connectivity index (χ1) is 6.69. The first-order valence-corrected chi connectivity index (χ1v) is 4.70. The van der Waals surface area contributed by atoms with Gasteiger partial charge in [0.15, 0.2) is 10.7 Å². The Morgan fingerprint density at radius 1 is 1.71 bits per heavy atom. The highest BCUT2D eigenvalue weighted by atomic mass is 32.1. The van der Waals surface area contributed by atoms with Crippen LogP contribution in [0.4, 0.5) is 0 Å². The molecule has 0 saturated carbocycles. The number of aromatic nitrogens is 1. The molecule has 0 atom stereocenters. The van der Waals surface area contributed by atoms with Crippen LogP contribution >= 0.6 is 11.3 Å². The summed E-state index contributed by atoms with van der Waals surface area (Å²) in [7, 11) is 0. The van der Waals surface area contributed by atoms with Gasteiger partial charge in [0, 0.05) is 5.38 Å². The molecular weight excluding hydrogens is 202 g/mol. The van der Waals surface area contributed by atoms with Crippen molar-refractivity contribution in [1.29, 1.82) is 0 Å². The predicted molar refractivity (Wildman–Crippen MR) is 51.2 cm³/mol. The van der Waals surface area contributed by atoms with Crippen LogP contribution in [0.2, 0.25) is 0 Å². The second-order valence-electron chi connectivity index (χ2n) is 2.23. The summed E-state index contributed by atoms with van der Waals surface area (Å²) in [6.45, 7) is 1.96. The molecule has 72 valence electrons. The summed E-state index contributed by atoms with van der Waals surface area (Å²) in [5.74, 6) is 0.858. The number of esters is 1. The fraction of sp³-hybridized carbons (Fsp3) is 0.222. The molecule has 14 heavy (non-hydrogen) atoms. The molecule has 0 aliphatic rings. The lowest BCUT2D eigenvalue weighted by atomic mass is 10.4. The van der Waals surface area contributed by atoms with Gasteiger partial charge in [0.05, 0.1) is 6.61 Å². The van der Waals surface area contributed by atoms with E-state index in [1.807, 2.05) is 5.92 Å². The van der Waals surface area contributed by atoms with Gasteiger partial charge in [0.2, 0.25) is 0 Å². The Hall–Kier alpha value is -1.67. The van der Waals surface area contributed by atoms with Crippen molar-refractivity contribution in [2.45, 2.75) is 6.92 Å². The van der Waals surface area contributed by atoms with Crippen LogP contribution in [-0.4, -0.2) is 23.3 Å². The van der Waals surface area contributed by atoms with Crippen molar-refractivity contribution in [2.75, 3.05) is 6.61 Å². The van der Waals surface area contributed by atoms with Crippen molar-refractivity contribution >= 4 is 23.1 Å². The van der Waals surface area contributed by atoms with E-state index in [1.165, 1.54) is 5.38 Å². The topological polar surface area (TPSA) is 56.3 Å². The number of terminal acetylenes is 1. The summed E-state index contributed by atoms with van der Waals surface area (Å²) in [6, 6.07) is 0. The Morgan fingerprint density at radius 2 is 2.43 bits per heavy atom. The third-order valence-electron chi connectivity index (χ3n) is 1.31. The Labute approximate surface area is 84.9 Å². The third-order valence-corrected chi connectivity index (χ3v) is 2.16. The maximum Gasteiger partial charge on any atom is 0.357 e. The van der Waals surface area contributed by atoms with Crippen molar-refractivity contribution in [2.24, 2.45) is 0 Å². The van der Waals surface area contributed by atoms with Gasteiger partial charge in [0.1, 0.15) is 0 Å². The van der Waals surface area contributed by atoms with Crippen LogP contribution in [0.25, 0.3) is 0 Å². The minimum Gasteiger partial charge on any atom is -0.461 e. The second-order valence-corrected chi connectivity index (χ2v) is 3.09. The zero-order valence-electron chi connectivity index (χ0n) is 7.44. The lowest BCUT2D eigenvalue weighted by Gasteiger charge is -1.95. The van der Waals surface area contributed by atoms with Gasteiger partial charge in [-0.05, 0) is 12.8 Å². The predicted octanol–water partition coefficient (Wildman–Crippen LogP) is 1.14. The van der Waals surface area contributed by atoms with Crippen LogP contribution in [0.1, 0.15) is 27.2 Å². The van der Waals surface area contributed by atoms with Crippen LogP contribution < -0.4 is 0 Å². The standard InChI is InChI=1S/C9H7NO3S/c1-3-7(11)8-10-6(5-14-8)9(12)13-4-2/h1,5H,4H2,2H3. The first-order valence-electron chi connectivity index (χ1n) is 3.82. The van der Waals surface area contributed by atoms with Gasteiger partial charge in [-0.1, -0.05) is 0 Å². The minimum absolute atomic E-state index is 0.121. The summed E-state index contributed by atoms with van der Waals surface area (Å²) in [5, 5.41) is 1.58. The van der Waals surface area contributed by atoms with Gasteiger partial charge in [-0.15, -0.1) is 17.8 Å². The molecule has 1 rings (SSSR count). The Kier molecular flexibility index (Phi) is 3.37. The number of hydrogen-bond acceptors (Lipinski definition) is 5. The average Bonchev–Trinajstić information content (AvgIpc) is 2.66. The average molecular weight is 209 g/mol. The van der Waals surface area contributed by atoms with Gasteiger partial charge >= 0.3 is 5.97 Å². The molecule has 0 bridgehead atoms. The molecule has 0 aliphatic heterocycles. The molecule has 5 heteroatoms. The number of Topliss-reactive ketones (excluding diaryl/α,β-unsaturated/α-hetero) is 1. The molecule has 0 spiro atoms. The molecule has 1 aromatic rings. The van der Waals surface area contributed by atoms with Crippen LogP contribution in [-0.2, 0) is 4.74 Å². The molecular formula is C9H7NO3S. The van der Waals surface area contributed by atoms with E-state index in [-0.39, 0.29) is 17.3 Å². The van der Waals surface area contributed by atoms with Gasteiger partial charge in [-0.3, -0.25) is 4.79 Å². The van der Waals surface area contributed by atoms with Crippen LogP contribution in [0.3, 0.4) is 0 Å². The number of nitrogens with zero attached hydrogens (tertiary/aromatic N) is 1. The van der Waals surface area contributed by atoms with E-state index in [4.69, 9.17) is 11.2 Å². The number of carbonyl (C=O) groups excluding carboxylic acids is 2. The summed E-state index contributed by atoms with van der Waals surface area (Å²) >= 11 is 1.03. The fourth-order valence-electron chi connectivity index (χ4n) is 0.739. The number of carbonyl (C=O) groups is 2. The maximum atomic E-state index is 11.1. The maximum absolute atomic E-state index is 11.1. The summed E-state index contributed by atoms with van der Waals surface area (Å²) in [4.78, 5) is 25.8. The van der Waals surface area contributed by atoms with E-state index in [0.717, 1.165) is 11.3 Å². The second kappa shape index (κ2) is 4.53. The minimum atomic E-state index is -0.542. The van der Waals surface area contributed by atoms with Gasteiger partial charge in [-0.25, -0.2) is 9.78 Å². The molecule has 0 saturated heterocycles. The molecule has 0 unspecified atom stereocenters. The molecule has 1 aromatic heterocycles. The Balaban J connectivity index is 2.84. The Morgan fingerprint density at radius 3 is 3.00 bits per heavy atom. The van der Waals surface area contributed by atoms with Crippen LogP contribution in [0.5, 0.6) is 0 Å². The smallest absolute Gasteiger partial charge is 0.357 e. The van der Waals surface area contributed by atoms with E-state index < -0.39 is 11.8 Å². The van der Waals surface area contributed by atoms with Crippen molar-refractivity contribution in [3.63, 3.8) is 0 Å². The largest absolute Gasteiger partial charge is 0.461 e. The summed E-state index contributed by atoms with van der Waals surface area (Å²) < 4.78 is 4.70. The lowest BCUT2D eigenvalue weighted by molar-refractivity contribution is 0.0520. The number of ether oxygens (including phenoxy) is 1. The van der Waals surface area contributed by atoms with E-state index in [1.54, 1.807) is 6.92 Å². The molecule has 4 nitrogen and oxygen atoms in total. The molecule has 0 N–H and O–H groups in total. The highest BCUT2D eigenvalue weighted by molar-refractivity contribution is 7.12. The molecule has 0 aromatic carbocycles. The lowest BCUT2D eigenvalue weighted by Crippen LogP contribution is -2.05. The van der Waals surface area contributed by atoms with E-state index in [2.05, 4.69) is 4.98 Å². The first kappa shape index (κ1) is 10.4. The zero-order valence-corrected chi connectivity index (χ0v) is 8.26. The highest BCUT2D eigenvalue weighted by Gasteiger charge is 2.14. The fourth-order valence-corrected chi connectivity index (χ4v) is 1.43. The van der Waals surface area contributed by atoms with Crippen LogP contribution in [0, 0.1) is 12.3 Å². The van der Waals surface area contributed by atoms with Crippen molar-refractivity contribution in [1.82, 2.24) is 4.98 Å². The van der Waals surface area contributed by atoms with Gasteiger partial charge in [0.25, 0.3) is 5.78 Å². The van der Waals surface area contributed by atoms with Crippen molar-refractivity contribution < 1.29 is 14.3 Å². The van der Waals surface area contributed by atoms with E-state index in [9.17, 15) is 9.59 Å². The number of ketones is 1. The zero-order chi connectivity index (χ0) is 10.6. The third kappa shape index (κ3) is 2.18. The highest BCUT2D eigenvalue weighted by Crippen LogP contribution is 2.11. The van der Waals surface area contributed by atoms with Gasteiger partial charge < -0.3 is 4.74 Å². The van der Waals surface area contributed by atoms with Gasteiger partial charge in [-0.2, -0.15) is 0 Å². The Bertz CT molecular complexity index is 402. The summed E-state index contributed by atoms with van der Waals surface area (Å²) in [5.41, 5.74) is 0.121. The van der Waals surface area contributed by atoms with E-state index >= 15 is 0 Å². The molecule has 0 fully saturated rings.